The molecule has 20 heavy (non-hydrogen) atoms. The summed E-state index contributed by atoms with van der Waals surface area (Å²) >= 11 is 5.81. The monoisotopic (exact) mass is 317 g/mol. The number of hydrogen-bond acceptors (Lipinski definition) is 5. The third kappa shape index (κ3) is 2.66. The van der Waals surface area contributed by atoms with Crippen LogP contribution in [-0.2, 0) is 10.0 Å². The zero-order chi connectivity index (χ0) is 14.8. The van der Waals surface area contributed by atoms with E-state index in [1.807, 2.05) is 0 Å². The molecule has 0 saturated carbocycles. The van der Waals surface area contributed by atoms with Crippen LogP contribution in [0.1, 0.15) is 0 Å². The molecule has 0 aliphatic heterocycles. The van der Waals surface area contributed by atoms with Gasteiger partial charge in [0.25, 0.3) is 15.9 Å². The van der Waals surface area contributed by atoms with Gasteiger partial charge in [-0.1, -0.05) is 18.2 Å². The summed E-state index contributed by atoms with van der Waals surface area (Å²) in [6, 6.07) is 7.49. The maximum absolute atomic E-state index is 13.0. The molecule has 1 aromatic carbocycles. The predicted molar refractivity (Wildman–Crippen MR) is 70.5 cm³/mol. The lowest BCUT2D eigenvalue weighted by Crippen LogP contribution is -2.23. The van der Waals surface area contributed by atoms with Crippen LogP contribution in [0.15, 0.2) is 41.4 Å². The molecule has 0 unspecified atom stereocenters. The third-order valence-electron chi connectivity index (χ3n) is 2.30. The van der Waals surface area contributed by atoms with Crippen LogP contribution in [-0.4, -0.2) is 25.5 Å². The molecule has 6 nitrogen and oxygen atoms in total. The molecule has 0 amide bonds. The van der Waals surface area contributed by atoms with Crippen LogP contribution in [0.4, 0.5) is 10.2 Å². The van der Waals surface area contributed by atoms with Crippen molar-refractivity contribution in [2.75, 3.05) is 10.9 Å². The van der Waals surface area contributed by atoms with Gasteiger partial charge >= 0.3 is 0 Å². The van der Waals surface area contributed by atoms with Gasteiger partial charge in [-0.05, 0) is 12.1 Å². The van der Waals surface area contributed by atoms with Gasteiger partial charge in [-0.3, -0.25) is 0 Å². The molecule has 2 aromatic rings. The first-order chi connectivity index (χ1) is 9.46. The number of rotatable bonds is 4. The molecule has 0 radical (unpaired) electrons. The first kappa shape index (κ1) is 14.5. The second-order valence-corrected chi connectivity index (χ2v) is 5.88. The quantitative estimate of drug-likeness (QED) is 0.806. The van der Waals surface area contributed by atoms with Gasteiger partial charge in [0.2, 0.25) is 11.8 Å². The molecule has 9 heteroatoms. The highest BCUT2D eigenvalue weighted by atomic mass is 35.5. The minimum absolute atomic E-state index is 0.0387. The van der Waals surface area contributed by atoms with E-state index >= 15 is 0 Å². The van der Waals surface area contributed by atoms with Gasteiger partial charge in [0, 0.05) is 11.8 Å². The van der Waals surface area contributed by atoms with Crippen LogP contribution in [0.3, 0.4) is 0 Å². The summed E-state index contributed by atoms with van der Waals surface area (Å²) in [4.78, 5) is 6.93. The molecule has 1 heterocycles. The summed E-state index contributed by atoms with van der Waals surface area (Å²) in [6.07, 6.45) is 0.744. The Kier molecular flexibility index (Phi) is 4.05. The molecule has 0 aliphatic carbocycles. The van der Waals surface area contributed by atoms with E-state index in [0.717, 1.165) is 6.20 Å². The first-order valence-electron chi connectivity index (χ1n) is 5.29. The van der Waals surface area contributed by atoms with Crippen molar-refractivity contribution in [1.82, 2.24) is 9.97 Å². The van der Waals surface area contributed by atoms with Gasteiger partial charge in [-0.25, -0.2) is 4.98 Å². The lowest BCUT2D eigenvalue weighted by molar-refractivity contribution is 0.386. The second kappa shape index (κ2) is 5.59. The van der Waals surface area contributed by atoms with Gasteiger partial charge in [-0.15, -0.1) is 0 Å². The van der Waals surface area contributed by atoms with E-state index in [0.29, 0.717) is 3.82 Å². The molecule has 0 fully saturated rings. The smallest absolute Gasteiger partial charge is 0.279 e. The standard InChI is InChI=1S/C11H9ClFN3O3S/c1-19-11-10(14-7-9(13)15-11)16(12)20(17,18)8-5-3-2-4-6-8/h2-7H,1H3. The van der Waals surface area contributed by atoms with Crippen molar-refractivity contribution in [3.63, 3.8) is 0 Å². The van der Waals surface area contributed by atoms with Crippen LogP contribution in [0.5, 0.6) is 5.88 Å². The number of methoxy groups -OCH3 is 1. The van der Waals surface area contributed by atoms with Crippen LogP contribution < -0.4 is 8.56 Å². The highest BCUT2D eigenvalue weighted by Gasteiger charge is 2.28. The van der Waals surface area contributed by atoms with Gasteiger partial charge in [0.05, 0.1) is 18.2 Å². The topological polar surface area (TPSA) is 72.4 Å². The van der Waals surface area contributed by atoms with Crippen molar-refractivity contribution in [3.8, 4) is 5.88 Å². The number of nitrogens with zero attached hydrogens (tertiary/aromatic N) is 3. The van der Waals surface area contributed by atoms with Crippen molar-refractivity contribution in [2.45, 2.75) is 4.90 Å². The molecule has 2 rings (SSSR count). The number of benzene rings is 1. The van der Waals surface area contributed by atoms with Crippen molar-refractivity contribution in [2.24, 2.45) is 0 Å². The van der Waals surface area contributed by atoms with Crippen LogP contribution >= 0.6 is 11.8 Å². The van der Waals surface area contributed by atoms with Gasteiger partial charge in [0.1, 0.15) is 0 Å². The van der Waals surface area contributed by atoms with E-state index in [2.05, 4.69) is 9.97 Å². The molecule has 0 N–H and O–H groups in total. The van der Waals surface area contributed by atoms with Crippen molar-refractivity contribution < 1.29 is 17.5 Å². The minimum atomic E-state index is -4.04. The summed E-state index contributed by atoms with van der Waals surface area (Å²) in [5.74, 6) is -1.56. The Morgan fingerprint density at radius 2 is 1.95 bits per heavy atom. The van der Waals surface area contributed by atoms with E-state index in [1.54, 1.807) is 18.2 Å². The Bertz CT molecular complexity index is 712. The maximum Gasteiger partial charge on any atom is 0.279 e. The number of hydrogen-bond donors (Lipinski definition) is 0. The summed E-state index contributed by atoms with van der Waals surface area (Å²) < 4.78 is 42.6. The fourth-order valence-electron chi connectivity index (χ4n) is 1.40. The van der Waals surface area contributed by atoms with Gasteiger partial charge in [0.15, 0.2) is 0 Å². The van der Waals surface area contributed by atoms with Crippen molar-refractivity contribution >= 4 is 27.6 Å². The van der Waals surface area contributed by atoms with Crippen molar-refractivity contribution in [3.05, 3.63) is 42.5 Å². The number of anilines is 1. The molecule has 0 atom stereocenters. The van der Waals surface area contributed by atoms with E-state index in [1.165, 1.54) is 19.2 Å². The average molecular weight is 318 g/mol. The van der Waals surface area contributed by atoms with E-state index < -0.39 is 16.0 Å². The van der Waals surface area contributed by atoms with E-state index in [-0.39, 0.29) is 16.6 Å². The Morgan fingerprint density at radius 1 is 1.30 bits per heavy atom. The largest absolute Gasteiger partial charge is 0.478 e. The number of aromatic nitrogens is 2. The molecule has 106 valence electrons. The zero-order valence-electron chi connectivity index (χ0n) is 10.2. The molecular weight excluding hydrogens is 309 g/mol. The normalized spacial score (nSPS) is 11.2. The molecule has 0 aliphatic rings. The molecule has 1 aromatic heterocycles. The summed E-state index contributed by atoms with van der Waals surface area (Å²) in [6.45, 7) is 0. The Balaban J connectivity index is 2.49. The lowest BCUT2D eigenvalue weighted by Gasteiger charge is -2.16. The molecule has 0 bridgehead atoms. The summed E-state index contributed by atoms with van der Waals surface area (Å²) in [5, 5.41) is 0. The second-order valence-electron chi connectivity index (χ2n) is 3.56. The Hall–Kier alpha value is -1.93. The number of halogens is 2. The number of ether oxygens (including phenoxy) is 1. The Labute approximate surface area is 120 Å². The minimum Gasteiger partial charge on any atom is -0.478 e. The molecular formula is C11H9ClFN3O3S. The highest BCUT2D eigenvalue weighted by Crippen LogP contribution is 2.30. The van der Waals surface area contributed by atoms with Crippen LogP contribution in [0.2, 0.25) is 0 Å². The van der Waals surface area contributed by atoms with Crippen molar-refractivity contribution in [1.29, 1.82) is 0 Å². The van der Waals surface area contributed by atoms with Gasteiger partial charge < -0.3 is 4.74 Å². The van der Waals surface area contributed by atoms with E-state index in [4.69, 9.17) is 16.5 Å². The SMILES string of the molecule is COc1nc(F)cnc1N(Cl)S(=O)(=O)c1ccccc1. The van der Waals surface area contributed by atoms with Gasteiger partial charge in [-0.2, -0.15) is 21.6 Å². The average Bonchev–Trinajstić information content (AvgIpc) is 2.47. The van der Waals surface area contributed by atoms with E-state index in [9.17, 15) is 12.8 Å². The zero-order valence-corrected chi connectivity index (χ0v) is 11.8. The molecule has 0 saturated heterocycles. The third-order valence-corrected chi connectivity index (χ3v) is 4.47. The van der Waals surface area contributed by atoms with Crippen LogP contribution in [0, 0.1) is 5.95 Å². The summed E-state index contributed by atoms with van der Waals surface area (Å²) in [7, 11) is -2.84. The fourth-order valence-corrected chi connectivity index (χ4v) is 2.80. The molecule has 0 spiro atoms. The predicted octanol–water partition coefficient (Wildman–Crippen LogP) is 1.97. The maximum atomic E-state index is 13.0. The number of sulfonamides is 1. The highest BCUT2D eigenvalue weighted by molar-refractivity contribution is 7.94. The summed E-state index contributed by atoms with van der Waals surface area (Å²) in [5.41, 5.74) is 0. The lowest BCUT2D eigenvalue weighted by atomic mass is 10.4. The fraction of sp³-hybridized carbons (Fsp3) is 0.0909. The Morgan fingerprint density at radius 3 is 2.55 bits per heavy atom. The van der Waals surface area contributed by atoms with Crippen LogP contribution in [0.25, 0.3) is 0 Å². The first-order valence-corrected chi connectivity index (χ1v) is 7.07.